The highest BCUT2D eigenvalue weighted by Gasteiger charge is 2.21. The second-order valence-electron chi connectivity index (χ2n) is 9.71. The number of thiazole rings is 1. The van der Waals surface area contributed by atoms with Crippen LogP contribution < -0.4 is 15.2 Å². The SMILES string of the molecule is CCCCN(CCCC)c1nc2c(Cl)c(OCCC(C)CC(C)(C)C)c(N=[NH2+])cc2s1. The summed E-state index contributed by atoms with van der Waals surface area (Å²) in [4.78, 5) is 7.27. The summed E-state index contributed by atoms with van der Waals surface area (Å²) in [5, 5.41) is 5.47. The average Bonchev–Trinajstić information content (AvgIpc) is 3.12. The number of benzene rings is 1. The van der Waals surface area contributed by atoms with E-state index in [1.54, 1.807) is 11.3 Å². The second-order valence-corrected chi connectivity index (χ2v) is 11.1. The van der Waals surface area contributed by atoms with Gasteiger partial charge in [-0.1, -0.05) is 77.3 Å². The molecular formula is C24H40ClN4OS+. The lowest BCUT2D eigenvalue weighted by atomic mass is 9.84. The smallest absolute Gasteiger partial charge is 0.186 e. The first-order valence-corrected chi connectivity index (χ1v) is 12.8. The predicted molar refractivity (Wildman–Crippen MR) is 134 cm³/mol. The van der Waals surface area contributed by atoms with E-state index in [1.165, 1.54) is 0 Å². The zero-order valence-corrected chi connectivity index (χ0v) is 21.7. The van der Waals surface area contributed by atoms with Crippen molar-refractivity contribution in [3.8, 4) is 5.75 Å². The van der Waals surface area contributed by atoms with Gasteiger partial charge in [-0.05, 0) is 48.2 Å². The minimum Gasteiger partial charge on any atom is -0.489 e. The zero-order chi connectivity index (χ0) is 23.0. The van der Waals surface area contributed by atoms with Crippen LogP contribution in [0.5, 0.6) is 5.75 Å². The van der Waals surface area contributed by atoms with Crippen LogP contribution in [0.25, 0.3) is 10.2 Å². The van der Waals surface area contributed by atoms with Gasteiger partial charge in [0.05, 0.1) is 11.3 Å². The molecule has 1 aromatic heterocycles. The molecule has 2 aromatic rings. The lowest BCUT2D eigenvalue weighted by Crippen LogP contribution is -2.25. The number of hydrogen-bond acceptors (Lipinski definition) is 5. The molecule has 0 aliphatic carbocycles. The Bertz CT molecular complexity index is 838. The molecule has 0 amide bonds. The van der Waals surface area contributed by atoms with Crippen molar-refractivity contribution in [3.05, 3.63) is 11.1 Å². The molecule has 31 heavy (non-hydrogen) atoms. The van der Waals surface area contributed by atoms with Gasteiger partial charge in [-0.3, -0.25) is 0 Å². The topological polar surface area (TPSA) is 63.3 Å². The summed E-state index contributed by atoms with van der Waals surface area (Å²) in [6.07, 6.45) is 6.74. The number of nitrogens with two attached hydrogens (primary N) is 1. The molecule has 0 fully saturated rings. The van der Waals surface area contributed by atoms with E-state index in [4.69, 9.17) is 26.9 Å². The quantitative estimate of drug-likeness (QED) is 0.321. The third kappa shape index (κ3) is 7.60. The summed E-state index contributed by atoms with van der Waals surface area (Å²) in [7, 11) is 0. The van der Waals surface area contributed by atoms with Crippen LogP contribution in [-0.4, -0.2) is 24.7 Å². The molecular weight excluding hydrogens is 428 g/mol. The van der Waals surface area contributed by atoms with E-state index in [-0.39, 0.29) is 0 Å². The first-order valence-electron chi connectivity index (χ1n) is 11.6. The van der Waals surface area contributed by atoms with Crippen LogP contribution in [0.3, 0.4) is 0 Å². The third-order valence-electron chi connectivity index (χ3n) is 5.34. The van der Waals surface area contributed by atoms with Gasteiger partial charge < -0.3 is 9.64 Å². The van der Waals surface area contributed by atoms with E-state index in [2.05, 4.69) is 51.6 Å². The summed E-state index contributed by atoms with van der Waals surface area (Å²) < 4.78 is 7.09. The molecule has 0 bridgehead atoms. The molecule has 1 unspecified atom stereocenters. The lowest BCUT2D eigenvalue weighted by molar-refractivity contribution is -0.210. The largest absolute Gasteiger partial charge is 0.489 e. The number of unbranched alkanes of at least 4 members (excludes halogenated alkanes) is 2. The summed E-state index contributed by atoms with van der Waals surface area (Å²) >= 11 is 8.41. The van der Waals surface area contributed by atoms with Crippen molar-refractivity contribution in [3.63, 3.8) is 0 Å². The maximum absolute atomic E-state index is 6.76. The van der Waals surface area contributed by atoms with Gasteiger partial charge in [0.1, 0.15) is 10.5 Å². The Labute approximate surface area is 197 Å². The van der Waals surface area contributed by atoms with Crippen LogP contribution >= 0.6 is 22.9 Å². The lowest BCUT2D eigenvalue weighted by Gasteiger charge is -2.23. The number of rotatable bonds is 13. The summed E-state index contributed by atoms with van der Waals surface area (Å²) in [6.45, 7) is 16.1. The fraction of sp³-hybridized carbons (Fsp3) is 0.708. The number of halogens is 1. The standard InChI is InChI=1S/C24H39ClN4OS/c1-7-9-12-29(13-10-8-2)23-27-21-19(31-23)15-18(28-26)22(20(21)25)30-14-11-17(3)16-24(4,5)6/h15,17,26H,7-14,16H2,1-6H3/p+1. The van der Waals surface area contributed by atoms with Crippen LogP contribution in [0.1, 0.15) is 80.1 Å². The molecule has 1 atom stereocenters. The number of fused-ring (bicyclic) bond motifs is 1. The molecule has 0 aliphatic rings. The molecule has 2 rings (SSSR count). The predicted octanol–water partition coefficient (Wildman–Crippen LogP) is 7.04. The van der Waals surface area contributed by atoms with Crippen LogP contribution in [0.15, 0.2) is 11.2 Å². The molecule has 1 heterocycles. The Morgan fingerprint density at radius 2 is 1.87 bits per heavy atom. The summed E-state index contributed by atoms with van der Waals surface area (Å²) in [5.74, 6) is 1.11. The maximum Gasteiger partial charge on any atom is 0.186 e. The highest BCUT2D eigenvalue weighted by atomic mass is 35.5. The van der Waals surface area contributed by atoms with Crippen LogP contribution in [-0.2, 0) is 0 Å². The fourth-order valence-corrected chi connectivity index (χ4v) is 5.28. The van der Waals surface area contributed by atoms with Gasteiger partial charge in [-0.2, -0.15) is 5.53 Å². The average molecular weight is 468 g/mol. The summed E-state index contributed by atoms with van der Waals surface area (Å²) in [6, 6.07) is 1.95. The first-order chi connectivity index (χ1) is 14.7. The molecule has 0 saturated heterocycles. The van der Waals surface area contributed by atoms with Crippen LogP contribution in [0.4, 0.5) is 10.8 Å². The van der Waals surface area contributed by atoms with E-state index >= 15 is 0 Å². The minimum atomic E-state index is 0.312. The van der Waals surface area contributed by atoms with Crippen molar-refractivity contribution in [2.45, 2.75) is 80.1 Å². The molecule has 174 valence electrons. The van der Waals surface area contributed by atoms with Gasteiger partial charge in [0.2, 0.25) is 0 Å². The molecule has 0 aliphatic heterocycles. The van der Waals surface area contributed by atoms with Gasteiger partial charge >= 0.3 is 0 Å². The Morgan fingerprint density at radius 1 is 1.23 bits per heavy atom. The van der Waals surface area contributed by atoms with E-state index in [0.717, 1.165) is 67.0 Å². The molecule has 0 spiro atoms. The number of aromatic nitrogens is 1. The number of nitrogens with zero attached hydrogens (tertiary/aromatic N) is 3. The van der Waals surface area contributed by atoms with Gasteiger partial charge in [0.25, 0.3) is 0 Å². The Hall–Kier alpha value is -1.40. The highest BCUT2D eigenvalue weighted by molar-refractivity contribution is 7.22. The molecule has 7 heteroatoms. The Balaban J connectivity index is 2.24. The zero-order valence-electron chi connectivity index (χ0n) is 20.1. The molecule has 1 aromatic carbocycles. The van der Waals surface area contributed by atoms with Crippen molar-refractivity contribution < 1.29 is 10.3 Å². The van der Waals surface area contributed by atoms with E-state index in [0.29, 0.717) is 34.4 Å². The third-order valence-corrected chi connectivity index (χ3v) is 6.75. The van der Waals surface area contributed by atoms with Crippen molar-refractivity contribution in [1.29, 1.82) is 0 Å². The minimum absolute atomic E-state index is 0.312. The van der Waals surface area contributed by atoms with Gasteiger partial charge in [0.15, 0.2) is 16.6 Å². The van der Waals surface area contributed by atoms with E-state index in [1.807, 2.05) is 6.07 Å². The number of hydrogen-bond donors (Lipinski definition) is 1. The summed E-state index contributed by atoms with van der Waals surface area (Å²) in [5.41, 5.74) is 7.37. The van der Waals surface area contributed by atoms with Crippen molar-refractivity contribution in [2.75, 3.05) is 24.6 Å². The Kier molecular flexibility index (Phi) is 10.0. The fourth-order valence-electron chi connectivity index (χ4n) is 3.86. The molecule has 0 radical (unpaired) electrons. The van der Waals surface area contributed by atoms with Crippen molar-refractivity contribution in [1.82, 2.24) is 4.98 Å². The first kappa shape index (κ1) is 25.9. The van der Waals surface area contributed by atoms with E-state index in [9.17, 15) is 0 Å². The van der Waals surface area contributed by atoms with Gasteiger partial charge in [-0.15, -0.1) is 0 Å². The van der Waals surface area contributed by atoms with Crippen molar-refractivity contribution >= 4 is 44.0 Å². The normalized spacial score (nSPS) is 12.9. The van der Waals surface area contributed by atoms with E-state index < -0.39 is 0 Å². The maximum atomic E-state index is 6.76. The molecule has 5 nitrogen and oxygen atoms in total. The van der Waals surface area contributed by atoms with Gasteiger partial charge in [0, 0.05) is 13.1 Å². The number of anilines is 1. The monoisotopic (exact) mass is 467 g/mol. The van der Waals surface area contributed by atoms with Crippen LogP contribution in [0.2, 0.25) is 5.02 Å². The molecule has 2 N–H and O–H groups in total. The number of ether oxygens (including phenoxy) is 1. The van der Waals surface area contributed by atoms with Crippen molar-refractivity contribution in [2.24, 2.45) is 16.4 Å². The second kappa shape index (κ2) is 12.0. The molecule has 0 saturated carbocycles. The highest BCUT2D eigenvalue weighted by Crippen LogP contribution is 2.44. The van der Waals surface area contributed by atoms with Crippen LogP contribution in [0, 0.1) is 11.3 Å². The Morgan fingerprint density at radius 3 is 2.42 bits per heavy atom. The van der Waals surface area contributed by atoms with Gasteiger partial charge in [-0.25, -0.2) is 4.98 Å².